The fourth-order valence-corrected chi connectivity index (χ4v) is 3.65. The van der Waals surface area contributed by atoms with E-state index in [0.29, 0.717) is 6.04 Å². The van der Waals surface area contributed by atoms with Gasteiger partial charge in [-0.15, -0.1) is 0 Å². The minimum absolute atomic E-state index is 0.166. The summed E-state index contributed by atoms with van der Waals surface area (Å²) in [6.45, 7) is 7.50. The van der Waals surface area contributed by atoms with Crippen LogP contribution in [0.15, 0.2) is 48.8 Å². The van der Waals surface area contributed by atoms with Crippen molar-refractivity contribution >= 4 is 5.69 Å². The van der Waals surface area contributed by atoms with Crippen LogP contribution in [0.25, 0.3) is 0 Å². The van der Waals surface area contributed by atoms with E-state index in [9.17, 15) is 4.39 Å². The zero-order valence-corrected chi connectivity index (χ0v) is 13.8. The second-order valence-electron chi connectivity index (χ2n) is 6.71. The molecule has 0 spiro atoms. The van der Waals surface area contributed by atoms with E-state index in [2.05, 4.69) is 25.8 Å². The van der Waals surface area contributed by atoms with Crippen LogP contribution in [0.5, 0.6) is 0 Å². The predicted octanol–water partition coefficient (Wildman–Crippen LogP) is 2.23. The molecular weight excluding hydrogens is 303 g/mol. The molecule has 0 atom stereocenters. The molecule has 1 aromatic carbocycles. The fourth-order valence-electron chi connectivity index (χ4n) is 3.65. The van der Waals surface area contributed by atoms with E-state index in [1.807, 2.05) is 30.6 Å². The van der Waals surface area contributed by atoms with Crippen molar-refractivity contribution in [3.63, 3.8) is 0 Å². The summed E-state index contributed by atoms with van der Waals surface area (Å²) in [6, 6.07) is 11.7. The lowest BCUT2D eigenvalue weighted by Crippen LogP contribution is -2.62. The van der Waals surface area contributed by atoms with E-state index in [0.717, 1.165) is 51.5 Å². The average Bonchev–Trinajstić information content (AvgIpc) is 2.60. The zero-order valence-electron chi connectivity index (χ0n) is 13.8. The van der Waals surface area contributed by atoms with Crippen molar-refractivity contribution in [2.24, 2.45) is 0 Å². The number of likely N-dealkylation sites (tertiary alicyclic amines) is 1. The normalized spacial score (nSPS) is 20.1. The van der Waals surface area contributed by atoms with Crippen molar-refractivity contribution in [3.05, 3.63) is 60.2 Å². The molecule has 0 saturated carbocycles. The highest BCUT2D eigenvalue weighted by molar-refractivity contribution is 5.46. The fraction of sp³-hybridized carbons (Fsp3) is 0.421. The van der Waals surface area contributed by atoms with Gasteiger partial charge in [0.15, 0.2) is 0 Å². The summed E-state index contributed by atoms with van der Waals surface area (Å²) >= 11 is 0. The molecular formula is C19H23FN4. The summed E-state index contributed by atoms with van der Waals surface area (Å²) in [5, 5.41) is 0. The number of rotatable bonds is 4. The van der Waals surface area contributed by atoms with Gasteiger partial charge in [0.2, 0.25) is 0 Å². The molecule has 2 aliphatic rings. The van der Waals surface area contributed by atoms with Crippen molar-refractivity contribution in [2.45, 2.75) is 12.6 Å². The summed E-state index contributed by atoms with van der Waals surface area (Å²) in [5.41, 5.74) is 2.42. The van der Waals surface area contributed by atoms with E-state index in [1.165, 1.54) is 5.56 Å². The van der Waals surface area contributed by atoms with Gasteiger partial charge >= 0.3 is 0 Å². The first-order valence-electron chi connectivity index (χ1n) is 8.64. The molecule has 2 aromatic rings. The highest BCUT2D eigenvalue weighted by atomic mass is 19.1. The number of benzene rings is 1. The molecule has 3 heterocycles. The van der Waals surface area contributed by atoms with Gasteiger partial charge < -0.3 is 4.90 Å². The Bertz CT molecular complexity index is 647. The van der Waals surface area contributed by atoms with Gasteiger partial charge in [-0.3, -0.25) is 14.8 Å². The van der Waals surface area contributed by atoms with E-state index >= 15 is 0 Å². The molecule has 4 rings (SSSR count). The Morgan fingerprint density at radius 1 is 1.00 bits per heavy atom. The van der Waals surface area contributed by atoms with Crippen LogP contribution in [0.3, 0.4) is 0 Å². The molecule has 0 bridgehead atoms. The van der Waals surface area contributed by atoms with Crippen molar-refractivity contribution in [1.29, 1.82) is 0 Å². The first-order valence-corrected chi connectivity index (χ1v) is 8.64. The minimum Gasteiger partial charge on any atom is -0.369 e. The predicted molar refractivity (Wildman–Crippen MR) is 93.5 cm³/mol. The molecule has 0 aliphatic carbocycles. The van der Waals surface area contributed by atoms with Gasteiger partial charge in [-0.2, -0.15) is 0 Å². The van der Waals surface area contributed by atoms with Crippen LogP contribution in [0.4, 0.5) is 10.1 Å². The maximum absolute atomic E-state index is 13.0. The SMILES string of the molecule is Fc1ccc(N2CCN(C3CN(Cc4cccnc4)C3)CC2)cc1. The maximum Gasteiger partial charge on any atom is 0.123 e. The summed E-state index contributed by atoms with van der Waals surface area (Å²) in [6.07, 6.45) is 3.78. The topological polar surface area (TPSA) is 22.6 Å². The van der Waals surface area contributed by atoms with Crippen molar-refractivity contribution in [3.8, 4) is 0 Å². The third kappa shape index (κ3) is 3.42. The van der Waals surface area contributed by atoms with Crippen LogP contribution in [-0.2, 0) is 6.54 Å². The molecule has 0 radical (unpaired) electrons. The van der Waals surface area contributed by atoms with Crippen molar-refractivity contribution < 1.29 is 4.39 Å². The summed E-state index contributed by atoms with van der Waals surface area (Å²) < 4.78 is 13.0. The van der Waals surface area contributed by atoms with Gasteiger partial charge in [0.1, 0.15) is 5.82 Å². The summed E-state index contributed by atoms with van der Waals surface area (Å²) in [7, 11) is 0. The van der Waals surface area contributed by atoms with E-state index < -0.39 is 0 Å². The van der Waals surface area contributed by atoms with Gasteiger partial charge in [-0.05, 0) is 35.9 Å². The van der Waals surface area contributed by atoms with Crippen LogP contribution in [0, 0.1) is 5.82 Å². The van der Waals surface area contributed by atoms with E-state index in [-0.39, 0.29) is 5.82 Å². The number of pyridine rings is 1. The maximum atomic E-state index is 13.0. The van der Waals surface area contributed by atoms with Crippen molar-refractivity contribution in [2.75, 3.05) is 44.2 Å². The monoisotopic (exact) mass is 326 g/mol. The Balaban J connectivity index is 1.23. The second kappa shape index (κ2) is 6.87. The zero-order chi connectivity index (χ0) is 16.4. The molecule has 126 valence electrons. The minimum atomic E-state index is -0.166. The Kier molecular flexibility index (Phi) is 4.45. The Morgan fingerprint density at radius 3 is 2.42 bits per heavy atom. The molecule has 24 heavy (non-hydrogen) atoms. The summed E-state index contributed by atoms with van der Waals surface area (Å²) in [5.74, 6) is -0.166. The lowest BCUT2D eigenvalue weighted by Gasteiger charge is -2.48. The number of anilines is 1. The molecule has 2 aliphatic heterocycles. The lowest BCUT2D eigenvalue weighted by molar-refractivity contribution is 0.0256. The van der Waals surface area contributed by atoms with Gasteiger partial charge in [0.05, 0.1) is 0 Å². The molecule has 2 fully saturated rings. The summed E-state index contributed by atoms with van der Waals surface area (Å²) in [4.78, 5) is 11.6. The number of halogens is 1. The molecule has 1 aromatic heterocycles. The molecule has 0 unspecified atom stereocenters. The molecule has 0 amide bonds. The Hall–Kier alpha value is -1.98. The second-order valence-corrected chi connectivity index (χ2v) is 6.71. The highest BCUT2D eigenvalue weighted by Gasteiger charge is 2.33. The van der Waals surface area contributed by atoms with Crippen LogP contribution in [0.2, 0.25) is 0 Å². The molecule has 4 nitrogen and oxygen atoms in total. The van der Waals surface area contributed by atoms with Crippen LogP contribution < -0.4 is 4.90 Å². The number of nitrogens with zero attached hydrogens (tertiary/aromatic N) is 4. The number of hydrogen-bond acceptors (Lipinski definition) is 4. The first-order chi connectivity index (χ1) is 11.8. The van der Waals surface area contributed by atoms with Gasteiger partial charge in [0.25, 0.3) is 0 Å². The smallest absolute Gasteiger partial charge is 0.123 e. The largest absolute Gasteiger partial charge is 0.369 e. The van der Waals surface area contributed by atoms with Crippen molar-refractivity contribution in [1.82, 2.24) is 14.8 Å². The van der Waals surface area contributed by atoms with Gasteiger partial charge in [-0.25, -0.2) is 4.39 Å². The Morgan fingerprint density at radius 2 is 1.75 bits per heavy atom. The molecule has 5 heteroatoms. The molecule has 2 saturated heterocycles. The molecule has 0 N–H and O–H groups in total. The van der Waals surface area contributed by atoms with Gasteiger partial charge in [-0.1, -0.05) is 6.07 Å². The number of aromatic nitrogens is 1. The van der Waals surface area contributed by atoms with Crippen LogP contribution >= 0.6 is 0 Å². The third-order valence-corrected chi connectivity index (χ3v) is 5.09. The third-order valence-electron chi connectivity index (χ3n) is 5.09. The Labute approximate surface area is 142 Å². The van der Waals surface area contributed by atoms with E-state index in [1.54, 1.807) is 12.1 Å². The van der Waals surface area contributed by atoms with Gasteiger partial charge in [0, 0.05) is 69.9 Å². The standard InChI is InChI=1S/C19H23FN4/c20-17-3-5-18(6-4-17)23-8-10-24(11-9-23)19-14-22(15-19)13-16-2-1-7-21-12-16/h1-7,12,19H,8-11,13-15H2. The first kappa shape index (κ1) is 15.5. The van der Waals surface area contributed by atoms with Crippen LogP contribution in [0.1, 0.15) is 5.56 Å². The average molecular weight is 326 g/mol. The quantitative estimate of drug-likeness (QED) is 0.859. The lowest BCUT2D eigenvalue weighted by atomic mass is 10.0. The number of hydrogen-bond donors (Lipinski definition) is 0. The van der Waals surface area contributed by atoms with E-state index in [4.69, 9.17) is 0 Å². The number of piperazine rings is 1. The van der Waals surface area contributed by atoms with Crippen LogP contribution in [-0.4, -0.2) is 60.1 Å². The highest BCUT2D eigenvalue weighted by Crippen LogP contribution is 2.22.